The van der Waals surface area contributed by atoms with E-state index >= 15 is 0 Å². The highest BCUT2D eigenvalue weighted by Gasteiger charge is 2.39. The van der Waals surface area contributed by atoms with Crippen molar-refractivity contribution in [1.82, 2.24) is 4.90 Å². The van der Waals surface area contributed by atoms with Crippen LogP contribution in [0.4, 0.5) is 0 Å². The fraction of sp³-hybridized carbons (Fsp3) is 0.611. The van der Waals surface area contributed by atoms with Crippen molar-refractivity contribution in [1.29, 1.82) is 0 Å². The van der Waals surface area contributed by atoms with Crippen molar-refractivity contribution >= 4 is 5.78 Å². The molecule has 2 aliphatic rings. The summed E-state index contributed by atoms with van der Waals surface area (Å²) in [5.41, 5.74) is 1.36. The molecule has 0 spiro atoms. The molecule has 0 radical (unpaired) electrons. The summed E-state index contributed by atoms with van der Waals surface area (Å²) in [5, 5.41) is 20.0. The van der Waals surface area contributed by atoms with Gasteiger partial charge in [-0.05, 0) is 49.9 Å². The van der Waals surface area contributed by atoms with E-state index in [4.69, 9.17) is 4.74 Å². The summed E-state index contributed by atoms with van der Waals surface area (Å²) in [5.74, 6) is 0.721. The number of ether oxygens (including phenoxy) is 1. The van der Waals surface area contributed by atoms with Crippen LogP contribution in [-0.4, -0.2) is 46.7 Å². The summed E-state index contributed by atoms with van der Waals surface area (Å²) in [6.45, 7) is 5.08. The highest BCUT2D eigenvalue weighted by molar-refractivity contribution is 5.83. The van der Waals surface area contributed by atoms with Gasteiger partial charge in [0.1, 0.15) is 5.78 Å². The Hall–Kier alpha value is -1.59. The van der Waals surface area contributed by atoms with E-state index < -0.39 is 5.60 Å². The number of fused-ring (bicyclic) bond motifs is 3. The number of carbonyl (C=O) groups excluding carboxylic acids is 1. The van der Waals surface area contributed by atoms with Gasteiger partial charge >= 0.3 is 0 Å². The first-order valence-corrected chi connectivity index (χ1v) is 8.17. The number of rotatable bonds is 3. The molecule has 0 aliphatic carbocycles. The summed E-state index contributed by atoms with van der Waals surface area (Å²) in [7, 11) is 1.54. The zero-order valence-electron chi connectivity index (χ0n) is 14.0. The van der Waals surface area contributed by atoms with E-state index in [1.165, 1.54) is 7.11 Å². The highest BCUT2D eigenvalue weighted by atomic mass is 16.5. The zero-order valence-corrected chi connectivity index (χ0v) is 14.0. The summed E-state index contributed by atoms with van der Waals surface area (Å²) < 4.78 is 5.22. The fourth-order valence-corrected chi connectivity index (χ4v) is 3.92. The third-order valence-corrected chi connectivity index (χ3v) is 4.96. The molecule has 0 unspecified atom stereocenters. The van der Waals surface area contributed by atoms with Gasteiger partial charge in [-0.15, -0.1) is 0 Å². The molecule has 126 valence electrons. The van der Waals surface area contributed by atoms with Crippen molar-refractivity contribution in [3.63, 3.8) is 0 Å². The van der Waals surface area contributed by atoms with Crippen LogP contribution >= 0.6 is 0 Å². The van der Waals surface area contributed by atoms with Crippen LogP contribution in [0.3, 0.4) is 0 Å². The summed E-state index contributed by atoms with van der Waals surface area (Å²) in [6.07, 6.45) is 1.81. The van der Waals surface area contributed by atoms with Crippen molar-refractivity contribution in [2.24, 2.45) is 5.92 Å². The molecule has 2 heterocycles. The number of phenols is 1. The number of nitrogens with zero attached hydrogens (tertiary/aromatic N) is 1. The van der Waals surface area contributed by atoms with Crippen molar-refractivity contribution < 1.29 is 19.7 Å². The molecule has 1 aromatic rings. The number of hydrogen-bond donors (Lipinski definition) is 2. The average molecular weight is 319 g/mol. The van der Waals surface area contributed by atoms with Crippen LogP contribution in [0.2, 0.25) is 0 Å². The number of phenolic OH excluding ortho intramolecular Hbond substituents is 1. The van der Waals surface area contributed by atoms with Crippen molar-refractivity contribution in [2.75, 3.05) is 20.2 Å². The van der Waals surface area contributed by atoms with Gasteiger partial charge in [0.25, 0.3) is 0 Å². The zero-order chi connectivity index (χ0) is 16.8. The smallest absolute Gasteiger partial charge is 0.160 e. The van der Waals surface area contributed by atoms with Crippen molar-refractivity contribution in [2.45, 2.75) is 44.8 Å². The average Bonchev–Trinajstić information content (AvgIpc) is 2.46. The van der Waals surface area contributed by atoms with Crippen LogP contribution in [0.1, 0.15) is 43.9 Å². The maximum Gasteiger partial charge on any atom is 0.160 e. The predicted octanol–water partition coefficient (Wildman–Crippen LogP) is 2.05. The predicted molar refractivity (Wildman–Crippen MR) is 86.7 cm³/mol. The minimum Gasteiger partial charge on any atom is -0.504 e. The number of benzene rings is 1. The van der Waals surface area contributed by atoms with Gasteiger partial charge in [-0.25, -0.2) is 0 Å². The van der Waals surface area contributed by atoms with Gasteiger partial charge in [-0.2, -0.15) is 0 Å². The summed E-state index contributed by atoms with van der Waals surface area (Å²) in [6, 6.07) is 3.68. The molecule has 0 saturated carbocycles. The fourth-order valence-electron chi connectivity index (χ4n) is 3.92. The van der Waals surface area contributed by atoms with Crippen LogP contribution < -0.4 is 4.74 Å². The maximum absolute atomic E-state index is 12.5. The van der Waals surface area contributed by atoms with Crippen LogP contribution in [0, 0.1) is 5.92 Å². The summed E-state index contributed by atoms with van der Waals surface area (Å²) in [4.78, 5) is 14.9. The molecule has 2 aliphatic heterocycles. The number of carbonyl (C=O) groups is 1. The van der Waals surface area contributed by atoms with Gasteiger partial charge in [-0.1, -0.05) is 0 Å². The minimum atomic E-state index is -0.824. The van der Waals surface area contributed by atoms with E-state index in [0.29, 0.717) is 25.1 Å². The molecule has 1 aromatic carbocycles. The molecular weight excluding hydrogens is 294 g/mol. The van der Waals surface area contributed by atoms with E-state index in [1.54, 1.807) is 19.9 Å². The number of Topliss-reactive ketones (excluding diaryl/α,β-unsaturated/α-hetero) is 1. The van der Waals surface area contributed by atoms with Gasteiger partial charge in [-0.3, -0.25) is 9.69 Å². The number of aromatic hydroxyl groups is 1. The van der Waals surface area contributed by atoms with Gasteiger partial charge in [0.15, 0.2) is 11.5 Å². The Bertz CT molecular complexity index is 620. The first-order valence-electron chi connectivity index (χ1n) is 8.17. The number of aliphatic hydroxyl groups is 1. The molecule has 1 fully saturated rings. The number of hydrogen-bond acceptors (Lipinski definition) is 5. The topological polar surface area (TPSA) is 70.0 Å². The SMILES string of the molecule is COc1cc2c(cc1O)CCN1C[C@@H](CC(C)(C)O)C(=O)C[C@H]21. The highest BCUT2D eigenvalue weighted by Crippen LogP contribution is 2.42. The second-order valence-corrected chi connectivity index (χ2v) is 7.37. The lowest BCUT2D eigenvalue weighted by molar-refractivity contribution is -0.131. The molecule has 0 amide bonds. The Kier molecular flexibility index (Phi) is 4.10. The Morgan fingerprint density at radius 2 is 2.13 bits per heavy atom. The molecule has 2 atom stereocenters. The summed E-state index contributed by atoms with van der Waals surface area (Å²) >= 11 is 0. The van der Waals surface area contributed by atoms with Gasteiger partial charge in [0.05, 0.1) is 12.7 Å². The largest absolute Gasteiger partial charge is 0.504 e. The Morgan fingerprint density at radius 3 is 2.78 bits per heavy atom. The van der Waals surface area contributed by atoms with E-state index in [0.717, 1.165) is 24.1 Å². The van der Waals surface area contributed by atoms with Gasteiger partial charge in [0.2, 0.25) is 0 Å². The minimum absolute atomic E-state index is 0.0544. The molecule has 1 saturated heterocycles. The Labute approximate surface area is 136 Å². The lowest BCUT2D eigenvalue weighted by Gasteiger charge is -2.43. The van der Waals surface area contributed by atoms with E-state index in [2.05, 4.69) is 4.90 Å². The maximum atomic E-state index is 12.5. The van der Waals surface area contributed by atoms with Gasteiger partial charge in [0, 0.05) is 31.5 Å². The molecular formula is C18H25NO4. The van der Waals surface area contributed by atoms with E-state index in [-0.39, 0.29) is 23.5 Å². The van der Waals surface area contributed by atoms with E-state index in [1.807, 2.05) is 6.07 Å². The molecule has 2 N–H and O–H groups in total. The van der Waals surface area contributed by atoms with Crippen LogP contribution in [0.5, 0.6) is 11.5 Å². The number of methoxy groups -OCH3 is 1. The molecule has 5 nitrogen and oxygen atoms in total. The van der Waals surface area contributed by atoms with Gasteiger partial charge < -0.3 is 14.9 Å². The molecule has 0 aromatic heterocycles. The monoisotopic (exact) mass is 319 g/mol. The number of ketones is 1. The second kappa shape index (κ2) is 5.80. The molecule has 5 heteroatoms. The standard InChI is InChI=1S/C18H25NO4/c1-18(2,22)9-12-10-19-5-4-11-6-16(21)17(23-3)7-13(11)14(19)8-15(12)20/h6-7,12,14,21-22H,4-5,8-10H2,1-3H3/t12-,14-/m1/s1. The number of piperidine rings is 1. The first kappa shape index (κ1) is 16.3. The molecule has 0 bridgehead atoms. The Balaban J connectivity index is 1.86. The lowest BCUT2D eigenvalue weighted by Crippen LogP contribution is -2.47. The third-order valence-electron chi connectivity index (χ3n) is 4.96. The lowest BCUT2D eigenvalue weighted by atomic mass is 9.79. The Morgan fingerprint density at radius 1 is 1.39 bits per heavy atom. The third kappa shape index (κ3) is 3.21. The van der Waals surface area contributed by atoms with Crippen LogP contribution in [0.15, 0.2) is 12.1 Å². The van der Waals surface area contributed by atoms with Crippen LogP contribution in [-0.2, 0) is 11.2 Å². The van der Waals surface area contributed by atoms with Crippen molar-refractivity contribution in [3.05, 3.63) is 23.3 Å². The molecule has 23 heavy (non-hydrogen) atoms. The van der Waals surface area contributed by atoms with Crippen molar-refractivity contribution in [3.8, 4) is 11.5 Å². The second-order valence-electron chi connectivity index (χ2n) is 7.37. The normalized spacial score (nSPS) is 25.0. The van der Waals surface area contributed by atoms with Crippen LogP contribution in [0.25, 0.3) is 0 Å². The first-order chi connectivity index (χ1) is 10.8. The quantitative estimate of drug-likeness (QED) is 0.892. The molecule has 3 rings (SSSR count). The van der Waals surface area contributed by atoms with E-state index in [9.17, 15) is 15.0 Å².